The number of nitrogen functional groups attached to an aromatic ring is 1. The summed E-state index contributed by atoms with van der Waals surface area (Å²) in [6.45, 7) is 0. The maximum absolute atomic E-state index is 13.0. The second-order valence-corrected chi connectivity index (χ2v) is 4.01. The molecule has 3 aromatic rings. The molecule has 0 aliphatic rings. The van der Waals surface area contributed by atoms with Gasteiger partial charge in [0.1, 0.15) is 5.82 Å². The highest BCUT2D eigenvalue weighted by Crippen LogP contribution is 2.28. The third-order valence-electron chi connectivity index (χ3n) is 2.42. The molecule has 90 valence electrons. The number of rotatable bonds is 1. The van der Waals surface area contributed by atoms with Crippen LogP contribution in [0.5, 0.6) is 0 Å². The number of aromatic nitrogens is 3. The van der Waals surface area contributed by atoms with Crippen molar-refractivity contribution in [3.05, 3.63) is 35.2 Å². The molecule has 1 aromatic carbocycles. The number of benzene rings is 1. The lowest BCUT2D eigenvalue weighted by Gasteiger charge is -2.02. The molecule has 0 unspecified atom stereocenters. The van der Waals surface area contributed by atoms with Crippen LogP contribution in [0.25, 0.3) is 22.5 Å². The van der Waals surface area contributed by atoms with E-state index in [0.717, 1.165) is 0 Å². The number of nitrogens with zero attached hydrogens (tertiary/aromatic N) is 3. The predicted molar refractivity (Wildman–Crippen MR) is 64.4 cm³/mol. The molecule has 2 aromatic heterocycles. The summed E-state index contributed by atoms with van der Waals surface area (Å²) in [5.41, 5.74) is 7.15. The maximum atomic E-state index is 13.0. The van der Waals surface area contributed by atoms with Crippen LogP contribution in [0.15, 0.2) is 28.9 Å². The first-order valence-corrected chi connectivity index (χ1v) is 5.36. The highest BCUT2D eigenvalue weighted by molar-refractivity contribution is 6.33. The molecule has 0 saturated heterocycles. The molecular weight excluding hydrogens is 259 g/mol. The third-order valence-corrected chi connectivity index (χ3v) is 2.73. The van der Waals surface area contributed by atoms with E-state index in [2.05, 4.69) is 15.1 Å². The number of nitrogens with two attached hydrogens (primary N) is 1. The summed E-state index contributed by atoms with van der Waals surface area (Å²) in [6.07, 6.45) is 1.48. The average molecular weight is 265 g/mol. The van der Waals surface area contributed by atoms with Crippen molar-refractivity contribution in [1.82, 2.24) is 15.1 Å². The highest BCUT2D eigenvalue weighted by atomic mass is 35.5. The molecule has 2 heterocycles. The van der Waals surface area contributed by atoms with Crippen LogP contribution in [-0.2, 0) is 0 Å². The fourth-order valence-corrected chi connectivity index (χ4v) is 1.84. The van der Waals surface area contributed by atoms with Crippen molar-refractivity contribution in [3.8, 4) is 11.3 Å². The SMILES string of the molecule is Nc1noc2nc(-c3ccc(F)cc3Cl)cnc12. The van der Waals surface area contributed by atoms with Gasteiger partial charge in [0.25, 0.3) is 5.71 Å². The fraction of sp³-hybridized carbons (Fsp3) is 0. The van der Waals surface area contributed by atoms with E-state index in [1.807, 2.05) is 0 Å². The molecular formula is C11H6ClFN4O. The molecule has 0 bridgehead atoms. The van der Waals surface area contributed by atoms with E-state index in [4.69, 9.17) is 21.9 Å². The first kappa shape index (κ1) is 10.9. The number of fused-ring (bicyclic) bond motifs is 1. The monoisotopic (exact) mass is 264 g/mol. The standard InChI is InChI=1S/C11H6ClFN4O/c12-7-3-5(13)1-2-6(7)8-4-15-9-10(14)17-18-11(9)16-8/h1-4H,(H2,14,17). The van der Waals surface area contributed by atoms with E-state index in [9.17, 15) is 4.39 Å². The van der Waals surface area contributed by atoms with Crippen LogP contribution in [0.3, 0.4) is 0 Å². The van der Waals surface area contributed by atoms with Crippen molar-refractivity contribution in [2.75, 3.05) is 5.73 Å². The Bertz CT molecular complexity index is 743. The molecule has 7 heteroatoms. The molecule has 0 saturated carbocycles. The van der Waals surface area contributed by atoms with Crippen LogP contribution in [0.1, 0.15) is 0 Å². The molecule has 0 amide bonds. The Labute approximate surface area is 105 Å². The molecule has 18 heavy (non-hydrogen) atoms. The number of halogens is 2. The number of hydrogen-bond acceptors (Lipinski definition) is 5. The zero-order chi connectivity index (χ0) is 12.7. The van der Waals surface area contributed by atoms with E-state index in [-0.39, 0.29) is 16.6 Å². The van der Waals surface area contributed by atoms with Crippen molar-refractivity contribution < 1.29 is 8.91 Å². The van der Waals surface area contributed by atoms with Gasteiger partial charge in [-0.3, -0.25) is 0 Å². The molecule has 0 aliphatic heterocycles. The minimum absolute atomic E-state index is 0.175. The van der Waals surface area contributed by atoms with Gasteiger partial charge < -0.3 is 10.3 Å². The topological polar surface area (TPSA) is 77.8 Å². The molecule has 5 nitrogen and oxygen atoms in total. The van der Waals surface area contributed by atoms with Crippen LogP contribution >= 0.6 is 11.6 Å². The summed E-state index contributed by atoms with van der Waals surface area (Å²) in [4.78, 5) is 8.26. The Hall–Kier alpha value is -2.21. The van der Waals surface area contributed by atoms with E-state index in [1.165, 1.54) is 24.4 Å². The van der Waals surface area contributed by atoms with Gasteiger partial charge in [0.05, 0.1) is 16.9 Å². The van der Waals surface area contributed by atoms with Gasteiger partial charge >= 0.3 is 0 Å². The van der Waals surface area contributed by atoms with Gasteiger partial charge in [0.15, 0.2) is 11.3 Å². The summed E-state index contributed by atoms with van der Waals surface area (Å²) in [5, 5.41) is 3.80. The summed E-state index contributed by atoms with van der Waals surface area (Å²) < 4.78 is 17.9. The van der Waals surface area contributed by atoms with Crippen LogP contribution in [0, 0.1) is 5.82 Å². The first-order valence-electron chi connectivity index (χ1n) is 4.98. The maximum Gasteiger partial charge on any atom is 0.279 e. The van der Waals surface area contributed by atoms with Gasteiger partial charge in [-0.05, 0) is 18.2 Å². The Kier molecular flexibility index (Phi) is 2.38. The Balaban J connectivity index is 2.19. The summed E-state index contributed by atoms with van der Waals surface area (Å²) >= 11 is 5.94. The molecule has 0 aliphatic carbocycles. The molecule has 0 fully saturated rings. The zero-order valence-electron chi connectivity index (χ0n) is 8.89. The quantitative estimate of drug-likeness (QED) is 0.731. The van der Waals surface area contributed by atoms with Crippen molar-refractivity contribution in [3.63, 3.8) is 0 Å². The minimum atomic E-state index is -0.415. The van der Waals surface area contributed by atoms with Crippen molar-refractivity contribution in [2.24, 2.45) is 0 Å². The largest absolute Gasteiger partial charge is 0.379 e. The lowest BCUT2D eigenvalue weighted by molar-refractivity contribution is 0.452. The van der Waals surface area contributed by atoms with E-state index >= 15 is 0 Å². The summed E-state index contributed by atoms with van der Waals surface area (Å²) in [6, 6.07) is 4.02. The van der Waals surface area contributed by atoms with Gasteiger partial charge in [-0.2, -0.15) is 0 Å². The van der Waals surface area contributed by atoms with Gasteiger partial charge in [-0.25, -0.2) is 14.4 Å². The molecule has 0 radical (unpaired) electrons. The van der Waals surface area contributed by atoms with Crippen molar-refractivity contribution >= 4 is 28.6 Å². The number of hydrogen-bond donors (Lipinski definition) is 1. The van der Waals surface area contributed by atoms with E-state index < -0.39 is 5.82 Å². The van der Waals surface area contributed by atoms with Crippen LogP contribution in [-0.4, -0.2) is 15.1 Å². The van der Waals surface area contributed by atoms with Crippen molar-refractivity contribution in [1.29, 1.82) is 0 Å². The lowest BCUT2D eigenvalue weighted by atomic mass is 10.1. The second kappa shape index (κ2) is 3.92. The second-order valence-electron chi connectivity index (χ2n) is 3.60. The third kappa shape index (κ3) is 1.67. The van der Waals surface area contributed by atoms with Crippen LogP contribution in [0.2, 0.25) is 5.02 Å². The molecule has 2 N–H and O–H groups in total. The predicted octanol–water partition coefficient (Wildman–Crippen LogP) is 2.66. The van der Waals surface area contributed by atoms with E-state index in [0.29, 0.717) is 16.8 Å². The van der Waals surface area contributed by atoms with Gasteiger partial charge in [0, 0.05) is 5.56 Å². The Morgan fingerprint density at radius 2 is 2.17 bits per heavy atom. The Morgan fingerprint density at radius 3 is 2.94 bits per heavy atom. The highest BCUT2D eigenvalue weighted by Gasteiger charge is 2.12. The van der Waals surface area contributed by atoms with Gasteiger partial charge in [0.2, 0.25) is 0 Å². The summed E-state index contributed by atoms with van der Waals surface area (Å²) in [7, 11) is 0. The fourth-order valence-electron chi connectivity index (χ4n) is 1.57. The normalized spacial score (nSPS) is 11.0. The van der Waals surface area contributed by atoms with Gasteiger partial charge in [-0.1, -0.05) is 16.8 Å². The molecule has 3 rings (SSSR count). The lowest BCUT2D eigenvalue weighted by Crippen LogP contribution is -1.90. The Morgan fingerprint density at radius 1 is 1.33 bits per heavy atom. The van der Waals surface area contributed by atoms with Crippen LogP contribution in [0.4, 0.5) is 10.2 Å². The first-order chi connectivity index (χ1) is 8.65. The zero-order valence-corrected chi connectivity index (χ0v) is 9.65. The smallest absolute Gasteiger partial charge is 0.279 e. The number of anilines is 1. The van der Waals surface area contributed by atoms with Gasteiger partial charge in [-0.15, -0.1) is 0 Å². The molecule has 0 atom stereocenters. The van der Waals surface area contributed by atoms with Crippen LogP contribution < -0.4 is 5.73 Å². The van der Waals surface area contributed by atoms with Crippen molar-refractivity contribution in [2.45, 2.75) is 0 Å². The van der Waals surface area contributed by atoms with E-state index in [1.54, 1.807) is 0 Å². The summed E-state index contributed by atoms with van der Waals surface area (Å²) in [5.74, 6) is -0.240. The average Bonchev–Trinajstić information content (AvgIpc) is 2.71. The minimum Gasteiger partial charge on any atom is -0.379 e. The molecule has 0 spiro atoms.